The largest absolute Gasteiger partial charge is 0.480 e. The van der Waals surface area contributed by atoms with Crippen LogP contribution < -0.4 is 16.4 Å². The summed E-state index contributed by atoms with van der Waals surface area (Å²) >= 11 is 0. The molecule has 0 aliphatic carbocycles. The van der Waals surface area contributed by atoms with Crippen molar-refractivity contribution in [1.82, 2.24) is 15.5 Å². The Hall–Kier alpha value is -2.98. The van der Waals surface area contributed by atoms with Crippen LogP contribution in [0.3, 0.4) is 0 Å². The summed E-state index contributed by atoms with van der Waals surface area (Å²) in [7, 11) is 0. The Kier molecular flexibility index (Phi) is 11.5. The first-order valence-corrected chi connectivity index (χ1v) is 11.8. The Morgan fingerprint density at radius 1 is 1.18 bits per heavy atom. The standard InChI is InChI=1S/C24H36N4O6/c1-2-34-24(33)19(13-12-17-8-4-3-5-9-17)27-18(10-6-14-26-21(29)16-25)22(30)28-15-7-11-20(28)23(31)32/h3-5,8-9,18-20,27H,2,6-7,10-16,25H2,1H3,(H,26,29)(H,31,32)/t18-,19?,20-/m0/s1. The van der Waals surface area contributed by atoms with E-state index >= 15 is 0 Å². The third-order valence-corrected chi connectivity index (χ3v) is 5.83. The minimum Gasteiger partial charge on any atom is -0.480 e. The van der Waals surface area contributed by atoms with Crippen molar-refractivity contribution in [3.8, 4) is 0 Å². The first kappa shape index (κ1) is 27.3. The zero-order chi connectivity index (χ0) is 24.9. The van der Waals surface area contributed by atoms with Gasteiger partial charge in [0, 0.05) is 13.1 Å². The van der Waals surface area contributed by atoms with Crippen molar-refractivity contribution in [2.24, 2.45) is 5.73 Å². The summed E-state index contributed by atoms with van der Waals surface area (Å²) in [6, 6.07) is 7.28. The number of hydrogen-bond donors (Lipinski definition) is 4. The van der Waals surface area contributed by atoms with Crippen LogP contribution in [0.4, 0.5) is 0 Å². The van der Waals surface area contributed by atoms with Crippen molar-refractivity contribution in [3.63, 3.8) is 0 Å². The minimum absolute atomic E-state index is 0.126. The zero-order valence-corrected chi connectivity index (χ0v) is 19.7. The van der Waals surface area contributed by atoms with E-state index in [-0.39, 0.29) is 25.0 Å². The number of benzene rings is 1. The molecule has 1 aromatic rings. The van der Waals surface area contributed by atoms with Gasteiger partial charge in [0.25, 0.3) is 0 Å². The summed E-state index contributed by atoms with van der Waals surface area (Å²) < 4.78 is 5.24. The fourth-order valence-electron chi connectivity index (χ4n) is 4.08. The fourth-order valence-corrected chi connectivity index (χ4v) is 4.08. The summed E-state index contributed by atoms with van der Waals surface area (Å²) in [5, 5.41) is 15.3. The SMILES string of the molecule is CCOC(=O)C(CCc1ccccc1)N[C@@H](CCCNC(=O)CN)C(=O)N1CCC[C@H]1C(=O)O. The van der Waals surface area contributed by atoms with Gasteiger partial charge in [0.15, 0.2) is 0 Å². The molecule has 1 fully saturated rings. The Balaban J connectivity index is 2.14. The number of aliphatic carboxylic acids is 1. The fraction of sp³-hybridized carbons (Fsp3) is 0.583. The molecule has 2 amide bonds. The number of likely N-dealkylation sites (tertiary alicyclic amines) is 1. The number of ether oxygens (including phenoxy) is 1. The third-order valence-electron chi connectivity index (χ3n) is 5.83. The molecule has 0 aromatic heterocycles. The Bertz CT molecular complexity index is 819. The number of carboxylic acid groups (broad SMARTS) is 1. The molecule has 34 heavy (non-hydrogen) atoms. The molecule has 0 spiro atoms. The van der Waals surface area contributed by atoms with Crippen LogP contribution in [0.1, 0.15) is 44.6 Å². The Morgan fingerprint density at radius 3 is 2.56 bits per heavy atom. The Morgan fingerprint density at radius 2 is 1.91 bits per heavy atom. The Labute approximate surface area is 200 Å². The third kappa shape index (κ3) is 8.42. The van der Waals surface area contributed by atoms with E-state index in [1.54, 1.807) is 6.92 Å². The van der Waals surface area contributed by atoms with Gasteiger partial charge in [-0.25, -0.2) is 4.79 Å². The van der Waals surface area contributed by atoms with Crippen LogP contribution in [-0.2, 0) is 30.3 Å². The highest BCUT2D eigenvalue weighted by Gasteiger charge is 2.38. The van der Waals surface area contributed by atoms with Gasteiger partial charge in [0.2, 0.25) is 11.8 Å². The molecule has 3 atom stereocenters. The van der Waals surface area contributed by atoms with Crippen molar-refractivity contribution in [3.05, 3.63) is 35.9 Å². The van der Waals surface area contributed by atoms with Gasteiger partial charge in [-0.05, 0) is 51.0 Å². The van der Waals surface area contributed by atoms with Crippen LogP contribution in [0.2, 0.25) is 0 Å². The molecule has 1 unspecified atom stereocenters. The molecule has 1 aliphatic rings. The molecule has 1 saturated heterocycles. The maximum Gasteiger partial charge on any atom is 0.326 e. The normalized spacial score (nSPS) is 17.1. The predicted molar refractivity (Wildman–Crippen MR) is 126 cm³/mol. The molecule has 5 N–H and O–H groups in total. The maximum atomic E-state index is 13.4. The second-order valence-electron chi connectivity index (χ2n) is 8.27. The minimum atomic E-state index is -1.04. The van der Waals surface area contributed by atoms with E-state index in [9.17, 15) is 24.3 Å². The monoisotopic (exact) mass is 476 g/mol. The highest BCUT2D eigenvalue weighted by molar-refractivity contribution is 5.88. The second-order valence-corrected chi connectivity index (χ2v) is 8.27. The number of rotatable bonds is 14. The molecule has 10 heteroatoms. The van der Waals surface area contributed by atoms with E-state index in [1.807, 2.05) is 30.3 Å². The van der Waals surface area contributed by atoms with Crippen molar-refractivity contribution >= 4 is 23.8 Å². The number of nitrogens with zero attached hydrogens (tertiary/aromatic N) is 1. The van der Waals surface area contributed by atoms with Gasteiger partial charge in [0.05, 0.1) is 19.2 Å². The number of carbonyl (C=O) groups excluding carboxylic acids is 3. The first-order valence-electron chi connectivity index (χ1n) is 11.8. The number of hydrogen-bond acceptors (Lipinski definition) is 7. The van der Waals surface area contributed by atoms with Gasteiger partial charge in [-0.2, -0.15) is 0 Å². The molecule has 2 rings (SSSR count). The van der Waals surface area contributed by atoms with Gasteiger partial charge >= 0.3 is 11.9 Å². The van der Waals surface area contributed by atoms with E-state index in [0.717, 1.165) is 5.56 Å². The van der Waals surface area contributed by atoms with Crippen molar-refractivity contribution in [1.29, 1.82) is 0 Å². The summed E-state index contributed by atoms with van der Waals surface area (Å²) in [6.45, 7) is 2.47. The number of esters is 1. The van der Waals surface area contributed by atoms with E-state index in [4.69, 9.17) is 10.5 Å². The summed E-state index contributed by atoms with van der Waals surface area (Å²) in [5.41, 5.74) is 6.36. The van der Waals surface area contributed by atoms with E-state index in [2.05, 4.69) is 10.6 Å². The number of amides is 2. The van der Waals surface area contributed by atoms with E-state index in [1.165, 1.54) is 4.90 Å². The molecule has 1 aliphatic heterocycles. The summed E-state index contributed by atoms with van der Waals surface area (Å²) in [6.07, 6.45) is 2.79. The topological polar surface area (TPSA) is 151 Å². The average molecular weight is 477 g/mol. The van der Waals surface area contributed by atoms with Gasteiger partial charge < -0.3 is 25.8 Å². The summed E-state index contributed by atoms with van der Waals surface area (Å²) in [5.74, 6) is -2.15. The highest BCUT2D eigenvalue weighted by atomic mass is 16.5. The number of aryl methyl sites for hydroxylation is 1. The number of carboxylic acids is 1. The molecule has 188 valence electrons. The number of carbonyl (C=O) groups is 4. The van der Waals surface area contributed by atoms with Crippen LogP contribution in [0.5, 0.6) is 0 Å². The van der Waals surface area contributed by atoms with Gasteiger partial charge in [-0.1, -0.05) is 30.3 Å². The molecule has 1 aromatic carbocycles. The lowest BCUT2D eigenvalue weighted by atomic mass is 10.0. The van der Waals surface area contributed by atoms with Gasteiger partial charge in [-0.15, -0.1) is 0 Å². The van der Waals surface area contributed by atoms with Crippen LogP contribution >= 0.6 is 0 Å². The van der Waals surface area contributed by atoms with E-state index in [0.29, 0.717) is 51.6 Å². The molecular weight excluding hydrogens is 440 g/mol. The van der Waals surface area contributed by atoms with Crippen LogP contribution in [0.15, 0.2) is 30.3 Å². The van der Waals surface area contributed by atoms with Gasteiger partial charge in [-0.3, -0.25) is 19.7 Å². The van der Waals surface area contributed by atoms with Crippen LogP contribution in [0, 0.1) is 0 Å². The lowest BCUT2D eigenvalue weighted by Gasteiger charge is -2.30. The van der Waals surface area contributed by atoms with Crippen molar-refractivity contribution in [2.75, 3.05) is 26.2 Å². The molecule has 0 radical (unpaired) electrons. The number of nitrogens with one attached hydrogen (secondary N) is 2. The highest BCUT2D eigenvalue weighted by Crippen LogP contribution is 2.20. The molecular formula is C24H36N4O6. The van der Waals surface area contributed by atoms with Crippen LogP contribution in [-0.4, -0.2) is 78.1 Å². The van der Waals surface area contributed by atoms with Gasteiger partial charge in [0.1, 0.15) is 12.1 Å². The molecule has 0 bridgehead atoms. The van der Waals surface area contributed by atoms with Crippen molar-refractivity contribution < 1.29 is 29.0 Å². The first-order chi connectivity index (χ1) is 16.4. The predicted octanol–water partition coefficient (Wildman–Crippen LogP) is 0.440. The zero-order valence-electron chi connectivity index (χ0n) is 19.7. The lowest BCUT2D eigenvalue weighted by Crippen LogP contribution is -2.54. The maximum absolute atomic E-state index is 13.4. The smallest absolute Gasteiger partial charge is 0.326 e. The number of nitrogens with two attached hydrogens (primary N) is 1. The average Bonchev–Trinajstić information content (AvgIpc) is 3.33. The van der Waals surface area contributed by atoms with Crippen LogP contribution in [0.25, 0.3) is 0 Å². The van der Waals surface area contributed by atoms with E-state index < -0.39 is 30.1 Å². The quantitative estimate of drug-likeness (QED) is 0.223. The molecule has 10 nitrogen and oxygen atoms in total. The summed E-state index contributed by atoms with van der Waals surface area (Å²) in [4.78, 5) is 50.5. The molecule has 1 heterocycles. The molecule has 0 saturated carbocycles. The second kappa shape index (κ2) is 14.3. The lowest BCUT2D eigenvalue weighted by molar-refractivity contribution is -0.150. The van der Waals surface area contributed by atoms with Crippen molar-refractivity contribution in [2.45, 2.75) is 63.6 Å².